The zero-order valence-electron chi connectivity index (χ0n) is 65.8. The molecule has 16 aromatic rings. The highest BCUT2D eigenvalue weighted by molar-refractivity contribution is 6.04. The summed E-state index contributed by atoms with van der Waals surface area (Å²) in [6.07, 6.45) is 16.9. The number of benzene rings is 3. The van der Waals surface area contributed by atoms with Gasteiger partial charge >= 0.3 is 0 Å². The number of anilines is 10. The van der Waals surface area contributed by atoms with Gasteiger partial charge in [-0.05, 0) is 101 Å². The highest BCUT2D eigenvalue weighted by Crippen LogP contribution is 2.36. The number of aliphatic hydroxyl groups is 4. The number of pyridine rings is 1. The second-order valence-electron chi connectivity index (χ2n) is 29.8. The topological polar surface area (TPSA) is 498 Å². The van der Waals surface area contributed by atoms with Gasteiger partial charge in [0.05, 0.1) is 84.0 Å². The van der Waals surface area contributed by atoms with Crippen LogP contribution in [0.4, 0.5) is 57.8 Å². The number of carbonyl (C=O) groups is 4. The molecule has 6 atom stereocenters. The monoisotopic (exact) mass is 1610 g/mol. The second kappa shape index (κ2) is 33.0. The van der Waals surface area contributed by atoms with Gasteiger partial charge in [0, 0.05) is 100 Å². The average molecular weight is 1620 g/mol. The largest absolute Gasteiger partial charge is 0.443 e. The molecule has 3 aromatic carbocycles. The minimum atomic E-state index is -0.498. The average Bonchev–Trinajstić information content (AvgIpc) is 1.63. The molecule has 0 bridgehead atoms. The summed E-state index contributed by atoms with van der Waals surface area (Å²) in [5, 5.41) is 90.4. The molecular weight excluding hydrogens is 1530 g/mol. The van der Waals surface area contributed by atoms with Crippen LogP contribution in [0.2, 0.25) is 0 Å². The van der Waals surface area contributed by atoms with Crippen molar-refractivity contribution in [3.63, 3.8) is 0 Å². The fourth-order valence-corrected chi connectivity index (χ4v) is 13.8. The molecule has 119 heavy (non-hydrogen) atoms. The number of para-hydroxylation sites is 3. The van der Waals surface area contributed by atoms with E-state index in [4.69, 9.17) is 18.2 Å². The maximum absolute atomic E-state index is 12.9. The van der Waals surface area contributed by atoms with Crippen LogP contribution in [0.3, 0.4) is 0 Å². The lowest BCUT2D eigenvalue weighted by Gasteiger charge is -2.32. The fourth-order valence-electron chi connectivity index (χ4n) is 13.8. The van der Waals surface area contributed by atoms with Crippen LogP contribution in [0.5, 0.6) is 0 Å². The number of amides is 4. The van der Waals surface area contributed by atoms with E-state index in [2.05, 4.69) is 138 Å². The van der Waals surface area contributed by atoms with Gasteiger partial charge in [-0.15, -0.1) is 0 Å². The predicted molar refractivity (Wildman–Crippen MR) is 444 cm³/mol. The summed E-state index contributed by atoms with van der Waals surface area (Å²) in [6, 6.07) is 27.5. The number of nitrogens with zero attached hydrogens (tertiary/aromatic N) is 17. The summed E-state index contributed by atoms with van der Waals surface area (Å²) in [4.78, 5) is 86.9. The molecule has 0 spiro atoms. The normalized spacial score (nSPS) is 16.8. The lowest BCUT2D eigenvalue weighted by Crippen LogP contribution is -2.50. The summed E-state index contributed by atoms with van der Waals surface area (Å²) in [7, 11) is 7.11. The van der Waals surface area contributed by atoms with Gasteiger partial charge in [-0.3, -0.25) is 19.2 Å². The summed E-state index contributed by atoms with van der Waals surface area (Å²) in [5.74, 6) is 3.05. The number of nitrogens with one attached hydrogen (secondary N) is 11. The Kier molecular flexibility index (Phi) is 21.8. The molecule has 13 aromatic heterocycles. The van der Waals surface area contributed by atoms with E-state index in [1.54, 1.807) is 63.6 Å². The molecule has 4 amide bonds. The minimum absolute atomic E-state index is 0.0359. The number of hydrogen-bond donors (Lipinski definition) is 15. The first-order valence-electron chi connectivity index (χ1n) is 38.5. The third kappa shape index (κ3) is 15.7. The Labute approximate surface area is 675 Å². The number of oxazole rings is 3. The summed E-state index contributed by atoms with van der Waals surface area (Å²) in [6.45, 7) is 8.25. The Hall–Kier alpha value is -14.4. The second-order valence-corrected chi connectivity index (χ2v) is 29.8. The molecule has 0 saturated heterocycles. The fraction of sp³-hybridized carbons (Fsp3) is 0.300. The van der Waals surface area contributed by atoms with E-state index in [-0.39, 0.29) is 54.4 Å². The molecule has 39 heteroatoms. The van der Waals surface area contributed by atoms with Gasteiger partial charge in [-0.1, -0.05) is 32.0 Å². The van der Waals surface area contributed by atoms with Crippen molar-refractivity contribution in [1.29, 1.82) is 0 Å². The molecule has 3 aliphatic carbocycles. The maximum atomic E-state index is 12.9. The number of rotatable bonds is 22. The first kappa shape index (κ1) is 78.4. The Morgan fingerprint density at radius 2 is 0.840 bits per heavy atom. The molecule has 3 saturated carbocycles. The molecule has 0 unspecified atom stereocenters. The van der Waals surface area contributed by atoms with Crippen molar-refractivity contribution in [3.05, 3.63) is 170 Å². The van der Waals surface area contributed by atoms with Crippen LogP contribution in [0.25, 0.3) is 78.2 Å². The van der Waals surface area contributed by atoms with E-state index in [1.807, 2.05) is 93.7 Å². The predicted octanol–water partition coefficient (Wildman–Crippen LogP) is 8.84. The minimum Gasteiger partial charge on any atom is -0.443 e. The van der Waals surface area contributed by atoms with E-state index in [1.165, 1.54) is 44.0 Å². The van der Waals surface area contributed by atoms with Crippen LogP contribution >= 0.6 is 0 Å². The Morgan fingerprint density at radius 1 is 0.471 bits per heavy atom. The van der Waals surface area contributed by atoms with Gasteiger partial charge in [-0.2, -0.15) is 38.5 Å². The van der Waals surface area contributed by atoms with Gasteiger partial charge in [0.2, 0.25) is 0 Å². The molecular formula is C80H86N28O11. The summed E-state index contributed by atoms with van der Waals surface area (Å²) >= 11 is 0. The molecule has 3 fully saturated rings. The summed E-state index contributed by atoms with van der Waals surface area (Å²) < 4.78 is 24.5. The molecule has 3 aliphatic rings. The van der Waals surface area contributed by atoms with Gasteiger partial charge < -0.3 is 96.7 Å². The van der Waals surface area contributed by atoms with Crippen LogP contribution < -0.4 is 58.5 Å². The van der Waals surface area contributed by atoms with Crippen molar-refractivity contribution in [3.8, 4) is 11.3 Å². The summed E-state index contributed by atoms with van der Waals surface area (Å²) in [5.41, 5.74) is 11.4. The molecule has 0 aliphatic heterocycles. The van der Waals surface area contributed by atoms with Crippen LogP contribution in [0.15, 0.2) is 161 Å². The lowest BCUT2D eigenvalue weighted by molar-refractivity contribution is 0.0448. The van der Waals surface area contributed by atoms with E-state index >= 15 is 0 Å². The smallest absolute Gasteiger partial charge is 0.257 e. The molecule has 0 radical (unpaired) electrons. The molecule has 15 N–H and O–H groups in total. The van der Waals surface area contributed by atoms with Crippen LogP contribution in [0.1, 0.15) is 114 Å². The number of aliphatic hydroxyl groups excluding tert-OH is 4. The van der Waals surface area contributed by atoms with Crippen LogP contribution in [-0.4, -0.2) is 205 Å². The number of hydrogen-bond acceptors (Lipinski definition) is 30. The third-order valence-corrected chi connectivity index (χ3v) is 21.0. The first-order valence-corrected chi connectivity index (χ1v) is 38.5. The van der Waals surface area contributed by atoms with Gasteiger partial charge in [0.15, 0.2) is 58.5 Å². The van der Waals surface area contributed by atoms with Crippen molar-refractivity contribution >= 4 is 148 Å². The van der Waals surface area contributed by atoms with E-state index in [9.17, 15) is 39.6 Å². The third-order valence-electron chi connectivity index (χ3n) is 21.0. The zero-order valence-corrected chi connectivity index (χ0v) is 65.8. The molecule has 612 valence electrons. The standard InChI is InChI=1S/C22H25N7O2.C20H23N7O3.2C19H19N7O3/c1-12(2)28-11-15(13-5-4-8-24-20(13)28)17-9-19(23-3)29-21(26-17)14(10-25-29)22(31)27-16-6-7-18(16)30;1-20(2,10-28)9-22-19(29)12-8-24-27-16(21-3)7-15(26-18(12)27)25-13-5-4-6-14-17(13)23-11-30-14;2*1-20-16-7-15(23-12-3-2-4-14-17(12)21-9-29-14)25-18-10(8-22-26(16)18)19(28)24-11-5-6-13(11)27/h4-5,8-12,16,18,23,30H,6-7H2,1-3H3,(H,27,31);4-8,11,21,28H,9-10H2,1-3H3,(H,22,29)(H,25,26);2*2-4,7-9,11,13,20,27H,5-6H2,1H3,(H,23,25)(H,24,28)/t16-,18-;;11-,13+;11-,13-/m1.11/s1. The van der Waals surface area contributed by atoms with E-state index < -0.39 is 23.7 Å². The van der Waals surface area contributed by atoms with Crippen LogP contribution in [-0.2, 0) is 0 Å². The lowest BCUT2D eigenvalue weighted by atomic mass is 9.89. The highest BCUT2D eigenvalue weighted by atomic mass is 16.3. The number of aromatic nitrogens is 17. The van der Waals surface area contributed by atoms with Crippen molar-refractivity contribution in [2.75, 3.05) is 78.6 Å². The Balaban J connectivity index is 0.000000118. The van der Waals surface area contributed by atoms with E-state index in [0.717, 1.165) is 64.4 Å². The molecule has 19 rings (SSSR count). The van der Waals surface area contributed by atoms with E-state index in [0.29, 0.717) is 139 Å². The van der Waals surface area contributed by atoms with Gasteiger partial charge in [0.25, 0.3) is 23.6 Å². The zero-order chi connectivity index (χ0) is 82.9. The number of carbonyl (C=O) groups excluding carboxylic acids is 4. The number of fused-ring (bicyclic) bond motifs is 8. The van der Waals surface area contributed by atoms with Crippen molar-refractivity contribution in [2.45, 2.75) is 109 Å². The Bertz CT molecular complexity index is 6280. The highest BCUT2D eigenvalue weighted by Gasteiger charge is 2.35. The molecule has 13 heterocycles. The first-order chi connectivity index (χ1) is 57.7. The van der Waals surface area contributed by atoms with Crippen molar-refractivity contribution in [2.24, 2.45) is 5.41 Å². The van der Waals surface area contributed by atoms with Crippen molar-refractivity contribution < 1.29 is 52.9 Å². The maximum Gasteiger partial charge on any atom is 0.257 e. The Morgan fingerprint density at radius 3 is 1.18 bits per heavy atom. The molecule has 39 nitrogen and oxygen atoms in total. The van der Waals surface area contributed by atoms with Gasteiger partial charge in [-0.25, -0.2) is 39.9 Å². The van der Waals surface area contributed by atoms with Crippen LogP contribution in [0, 0.1) is 5.41 Å². The SMILES string of the molecule is CNc1cc(-c2cn(C(C)C)c3ncccc23)nc2c(C(=O)N[C@@H]3CC[C@H]3O)cnn12.CNc1cc(Nc2cccc3ocnc23)nc2c(C(=O)NCC(C)(C)CO)cnn12.CNc1cc(Nc2cccc3ocnc23)nc2c(C(=O)N[C@@H]3CC[C@@H]3O)cnn12.CNc1cc(Nc2cccc3ocnc23)nc2c(C(=O)N[C@@H]3CC[C@H]3O)cnn12. The quantitative estimate of drug-likeness (QED) is 0.0301. The van der Waals surface area contributed by atoms with Gasteiger partial charge in [0.1, 0.15) is 85.2 Å². The van der Waals surface area contributed by atoms with Crippen molar-refractivity contribution in [1.82, 2.24) is 104 Å².